The second kappa shape index (κ2) is 7.03. The molecular weight excluding hydrogens is 384 g/mol. The quantitative estimate of drug-likeness (QED) is 0.620. The maximum absolute atomic E-state index is 12.5. The predicted molar refractivity (Wildman–Crippen MR) is 103 cm³/mol. The summed E-state index contributed by atoms with van der Waals surface area (Å²) in [5.74, 6) is -0.103. The van der Waals surface area contributed by atoms with Gasteiger partial charge in [0.2, 0.25) is 0 Å². The van der Waals surface area contributed by atoms with Crippen LogP contribution in [0, 0.1) is 13.8 Å². The van der Waals surface area contributed by atoms with E-state index in [2.05, 4.69) is 56.7 Å². The number of benzene rings is 2. The van der Waals surface area contributed by atoms with Crippen molar-refractivity contribution in [3.8, 4) is 0 Å². The first kappa shape index (κ1) is 17.1. The maximum Gasteiger partial charge on any atom is 0.252 e. The second-order valence-electron chi connectivity index (χ2n) is 5.83. The fraction of sp³-hybridized carbons (Fsp3) is 0.263. The maximum atomic E-state index is 12.5. The van der Waals surface area contributed by atoms with Crippen LogP contribution >= 0.6 is 27.3 Å². The van der Waals surface area contributed by atoms with Crippen LogP contribution in [0.15, 0.2) is 45.9 Å². The van der Waals surface area contributed by atoms with Gasteiger partial charge in [-0.1, -0.05) is 41.2 Å². The van der Waals surface area contributed by atoms with Crippen molar-refractivity contribution in [3.63, 3.8) is 0 Å². The number of aryl methyl sites for hydroxylation is 3. The smallest absolute Gasteiger partial charge is 0.252 e. The topological polar surface area (TPSA) is 34.4 Å². The third-order valence-electron chi connectivity index (χ3n) is 4.03. The molecule has 1 amide bonds. The highest BCUT2D eigenvalue weighted by atomic mass is 79.9. The van der Waals surface area contributed by atoms with Crippen LogP contribution < -0.4 is 4.80 Å². The summed E-state index contributed by atoms with van der Waals surface area (Å²) in [6.07, 6.45) is 0.340. The molecule has 0 spiro atoms. The average molecular weight is 403 g/mol. The molecule has 5 heteroatoms. The molecule has 0 radical (unpaired) electrons. The summed E-state index contributed by atoms with van der Waals surface area (Å²) in [5, 5.41) is 0. The van der Waals surface area contributed by atoms with E-state index >= 15 is 0 Å². The van der Waals surface area contributed by atoms with Gasteiger partial charge in [0.05, 0.1) is 16.6 Å². The number of amides is 1. The highest BCUT2D eigenvalue weighted by molar-refractivity contribution is 9.10. The molecule has 0 aliphatic rings. The monoisotopic (exact) mass is 402 g/mol. The SMILES string of the molecule is CCn1c(=NC(=O)Cc2cc(C)ccc2C)sc2cccc(Br)c21. The molecule has 0 N–H and O–H groups in total. The van der Waals surface area contributed by atoms with Crippen molar-refractivity contribution in [2.75, 3.05) is 0 Å². The Balaban J connectivity index is 2.02. The molecule has 0 saturated carbocycles. The lowest BCUT2D eigenvalue weighted by molar-refractivity contribution is -0.117. The molecule has 0 aliphatic carbocycles. The Kier molecular flexibility index (Phi) is 5.01. The molecule has 0 saturated heterocycles. The zero-order valence-corrected chi connectivity index (χ0v) is 16.4. The standard InChI is InChI=1S/C19H19BrN2OS/c1-4-22-18-15(20)6-5-7-16(18)24-19(22)21-17(23)11-14-10-12(2)8-9-13(14)3/h5-10H,4,11H2,1-3H3. The highest BCUT2D eigenvalue weighted by Gasteiger charge is 2.10. The molecule has 1 aromatic heterocycles. The molecular formula is C19H19BrN2OS. The Bertz CT molecular complexity index is 985. The third kappa shape index (κ3) is 3.37. The number of para-hydroxylation sites is 1. The van der Waals surface area contributed by atoms with E-state index in [1.165, 1.54) is 0 Å². The Morgan fingerprint density at radius 2 is 2.04 bits per heavy atom. The van der Waals surface area contributed by atoms with Gasteiger partial charge in [-0.25, -0.2) is 0 Å². The highest BCUT2D eigenvalue weighted by Crippen LogP contribution is 2.25. The summed E-state index contributed by atoms with van der Waals surface area (Å²) >= 11 is 5.15. The van der Waals surface area contributed by atoms with Gasteiger partial charge in [0.15, 0.2) is 4.80 Å². The lowest BCUT2D eigenvalue weighted by atomic mass is 10.0. The van der Waals surface area contributed by atoms with Gasteiger partial charge >= 0.3 is 0 Å². The van der Waals surface area contributed by atoms with Gasteiger partial charge in [-0.2, -0.15) is 4.99 Å². The lowest BCUT2D eigenvalue weighted by Crippen LogP contribution is -2.17. The predicted octanol–water partition coefficient (Wildman–Crippen LogP) is 4.77. The minimum atomic E-state index is -0.103. The molecule has 2 aromatic carbocycles. The van der Waals surface area contributed by atoms with Gasteiger partial charge < -0.3 is 4.57 Å². The Morgan fingerprint density at radius 3 is 2.79 bits per heavy atom. The zero-order valence-electron chi connectivity index (χ0n) is 14.0. The van der Waals surface area contributed by atoms with Crippen molar-refractivity contribution in [1.29, 1.82) is 0 Å². The molecule has 1 heterocycles. The van der Waals surface area contributed by atoms with Crippen molar-refractivity contribution in [3.05, 3.63) is 62.4 Å². The number of hydrogen-bond donors (Lipinski definition) is 0. The van der Waals surface area contributed by atoms with E-state index in [4.69, 9.17) is 0 Å². The van der Waals surface area contributed by atoms with E-state index in [1.54, 1.807) is 11.3 Å². The van der Waals surface area contributed by atoms with Gasteiger partial charge in [0, 0.05) is 11.0 Å². The summed E-state index contributed by atoms with van der Waals surface area (Å²) in [4.78, 5) is 17.6. The van der Waals surface area contributed by atoms with Gasteiger partial charge in [0.25, 0.3) is 5.91 Å². The molecule has 0 bridgehead atoms. The third-order valence-corrected chi connectivity index (χ3v) is 5.72. The van der Waals surface area contributed by atoms with Crippen molar-refractivity contribution in [1.82, 2.24) is 4.57 Å². The molecule has 3 nitrogen and oxygen atoms in total. The lowest BCUT2D eigenvalue weighted by Gasteiger charge is -2.05. The Hall–Kier alpha value is -1.72. The number of thiazole rings is 1. The average Bonchev–Trinajstić information content (AvgIpc) is 2.89. The summed E-state index contributed by atoms with van der Waals surface area (Å²) in [7, 11) is 0. The summed E-state index contributed by atoms with van der Waals surface area (Å²) < 4.78 is 4.25. The van der Waals surface area contributed by atoms with Crippen LogP contribution in [-0.4, -0.2) is 10.5 Å². The molecule has 3 aromatic rings. The Labute approximate surface area is 153 Å². The van der Waals surface area contributed by atoms with Crippen LogP contribution in [0.5, 0.6) is 0 Å². The molecule has 0 aliphatic heterocycles. The van der Waals surface area contributed by atoms with E-state index in [1.807, 2.05) is 26.0 Å². The van der Waals surface area contributed by atoms with Crippen LogP contribution in [0.2, 0.25) is 0 Å². The zero-order chi connectivity index (χ0) is 17.3. The Morgan fingerprint density at radius 1 is 1.25 bits per heavy atom. The fourth-order valence-electron chi connectivity index (χ4n) is 2.77. The van der Waals surface area contributed by atoms with Crippen molar-refractivity contribution < 1.29 is 4.79 Å². The van der Waals surface area contributed by atoms with Crippen LogP contribution in [-0.2, 0) is 17.8 Å². The molecule has 0 atom stereocenters. The summed E-state index contributed by atoms with van der Waals surface area (Å²) in [5.41, 5.74) is 4.45. The fourth-order valence-corrected chi connectivity index (χ4v) is 4.61. The largest absolute Gasteiger partial charge is 0.316 e. The number of halogens is 1. The van der Waals surface area contributed by atoms with Gasteiger partial charge in [-0.05, 0) is 60.0 Å². The van der Waals surface area contributed by atoms with E-state index in [0.29, 0.717) is 6.42 Å². The first-order valence-corrected chi connectivity index (χ1v) is 9.52. The molecule has 24 heavy (non-hydrogen) atoms. The molecule has 0 unspecified atom stereocenters. The van der Waals surface area contributed by atoms with Crippen molar-refractivity contribution in [2.24, 2.45) is 4.99 Å². The molecule has 3 rings (SSSR count). The van der Waals surface area contributed by atoms with Crippen molar-refractivity contribution >= 4 is 43.4 Å². The van der Waals surface area contributed by atoms with E-state index in [9.17, 15) is 4.79 Å². The first-order valence-electron chi connectivity index (χ1n) is 7.91. The van der Waals surface area contributed by atoms with Gasteiger partial charge in [-0.15, -0.1) is 0 Å². The van der Waals surface area contributed by atoms with E-state index in [0.717, 1.165) is 42.7 Å². The first-order chi connectivity index (χ1) is 11.5. The van der Waals surface area contributed by atoms with E-state index < -0.39 is 0 Å². The summed E-state index contributed by atoms with van der Waals surface area (Å²) in [6.45, 7) is 6.92. The van der Waals surface area contributed by atoms with Gasteiger partial charge in [0.1, 0.15) is 0 Å². The minimum Gasteiger partial charge on any atom is -0.316 e. The number of carbonyl (C=O) groups excluding carboxylic acids is 1. The van der Waals surface area contributed by atoms with Crippen LogP contribution in [0.3, 0.4) is 0 Å². The number of rotatable bonds is 3. The van der Waals surface area contributed by atoms with Crippen LogP contribution in [0.25, 0.3) is 10.2 Å². The number of hydrogen-bond acceptors (Lipinski definition) is 2. The number of aromatic nitrogens is 1. The number of fused-ring (bicyclic) bond motifs is 1. The number of carbonyl (C=O) groups is 1. The van der Waals surface area contributed by atoms with Crippen molar-refractivity contribution in [2.45, 2.75) is 33.7 Å². The number of nitrogens with zero attached hydrogens (tertiary/aromatic N) is 2. The van der Waals surface area contributed by atoms with Gasteiger partial charge in [-0.3, -0.25) is 4.79 Å². The van der Waals surface area contributed by atoms with Crippen LogP contribution in [0.1, 0.15) is 23.6 Å². The van der Waals surface area contributed by atoms with Crippen LogP contribution in [0.4, 0.5) is 0 Å². The molecule has 0 fully saturated rings. The second-order valence-corrected chi connectivity index (χ2v) is 7.69. The minimum absolute atomic E-state index is 0.103. The normalized spacial score (nSPS) is 12.1. The summed E-state index contributed by atoms with van der Waals surface area (Å²) in [6, 6.07) is 12.3. The van der Waals surface area contributed by atoms with E-state index in [-0.39, 0.29) is 5.91 Å². The molecule has 124 valence electrons.